The van der Waals surface area contributed by atoms with Gasteiger partial charge in [-0.3, -0.25) is 0 Å². The van der Waals surface area contributed by atoms with Crippen LogP contribution in [0.1, 0.15) is 47.5 Å². The topological polar surface area (TPSA) is 0 Å². The molecule has 0 aliphatic heterocycles. The molecule has 0 heterocycles. The van der Waals surface area contributed by atoms with Gasteiger partial charge in [-0.05, 0) is 43.4 Å². The highest BCUT2D eigenvalue weighted by molar-refractivity contribution is 5.47. The lowest BCUT2D eigenvalue weighted by Gasteiger charge is -2.06. The molecule has 0 saturated carbocycles. The number of allylic oxidation sites excluding steroid dienone is 8. The predicted octanol–water partition coefficient (Wildman–Crippen LogP) is 6.00. The van der Waals surface area contributed by atoms with Gasteiger partial charge < -0.3 is 0 Å². The van der Waals surface area contributed by atoms with Crippen LogP contribution in [-0.4, -0.2) is 0 Å². The average Bonchev–Trinajstić information content (AvgIpc) is 2.26. The molecule has 0 aliphatic carbocycles. The highest BCUT2D eigenvalue weighted by atomic mass is 14.0. The highest BCUT2D eigenvalue weighted by Crippen LogP contribution is 2.18. The first-order valence-electron chi connectivity index (χ1n) is 6.80. The van der Waals surface area contributed by atoms with Gasteiger partial charge in [-0.2, -0.15) is 0 Å². The molecule has 0 amide bonds. The third kappa shape index (κ3) is 7.11. The smallest absolute Gasteiger partial charge is 0.0230 e. The summed E-state index contributed by atoms with van der Waals surface area (Å²) < 4.78 is 0. The Morgan fingerprint density at radius 3 is 2.00 bits per heavy atom. The van der Waals surface area contributed by atoms with Crippen LogP contribution in [0.15, 0.2) is 59.8 Å². The Kier molecular flexibility index (Phi) is 8.11. The van der Waals surface area contributed by atoms with Gasteiger partial charge in [0, 0.05) is 0 Å². The molecular formula is C18H28. The first-order valence-corrected chi connectivity index (χ1v) is 6.80. The van der Waals surface area contributed by atoms with Gasteiger partial charge in [-0.25, -0.2) is 0 Å². The van der Waals surface area contributed by atoms with Crippen LogP contribution in [-0.2, 0) is 0 Å². The molecular weight excluding hydrogens is 216 g/mol. The zero-order chi connectivity index (χ0) is 14.1. The summed E-state index contributed by atoms with van der Waals surface area (Å²) in [5, 5.41) is 0. The summed E-state index contributed by atoms with van der Waals surface area (Å²) in [5.41, 5.74) is 4.62. The molecule has 0 radical (unpaired) electrons. The molecule has 0 aromatic heterocycles. The quantitative estimate of drug-likeness (QED) is 0.481. The Morgan fingerprint density at radius 2 is 1.61 bits per heavy atom. The Hall–Kier alpha value is -1.30. The second-order valence-electron chi connectivity index (χ2n) is 5.21. The van der Waals surface area contributed by atoms with Crippen LogP contribution in [0.4, 0.5) is 0 Å². The zero-order valence-electron chi connectivity index (χ0n) is 12.7. The average molecular weight is 244 g/mol. The Labute approximate surface area is 113 Å². The fraction of sp³-hybridized carbons (Fsp3) is 0.444. The lowest BCUT2D eigenvalue weighted by Crippen LogP contribution is -1.87. The molecule has 0 aliphatic rings. The van der Waals surface area contributed by atoms with Crippen molar-refractivity contribution in [3.63, 3.8) is 0 Å². The van der Waals surface area contributed by atoms with Crippen molar-refractivity contribution in [1.82, 2.24) is 0 Å². The Bertz CT molecular complexity index is 373. The van der Waals surface area contributed by atoms with Gasteiger partial charge in [0.15, 0.2) is 0 Å². The number of hydrogen-bond acceptors (Lipinski definition) is 0. The molecule has 0 spiro atoms. The molecule has 0 unspecified atom stereocenters. The summed E-state index contributed by atoms with van der Waals surface area (Å²) >= 11 is 0. The lowest BCUT2D eigenvalue weighted by molar-refractivity contribution is 0.831. The highest BCUT2D eigenvalue weighted by Gasteiger charge is 1.99. The maximum atomic E-state index is 4.05. The van der Waals surface area contributed by atoms with Gasteiger partial charge in [0.05, 0.1) is 0 Å². The van der Waals surface area contributed by atoms with E-state index in [1.807, 2.05) is 6.92 Å². The van der Waals surface area contributed by atoms with Crippen LogP contribution >= 0.6 is 0 Å². The minimum Gasteiger partial charge on any atom is -0.0955 e. The molecule has 0 nitrogen and oxygen atoms in total. The molecule has 0 N–H and O–H groups in total. The first-order chi connectivity index (χ1) is 8.38. The van der Waals surface area contributed by atoms with Crippen molar-refractivity contribution >= 4 is 0 Å². The molecule has 0 bridgehead atoms. The van der Waals surface area contributed by atoms with E-state index in [9.17, 15) is 0 Å². The van der Waals surface area contributed by atoms with Crippen LogP contribution in [0.25, 0.3) is 0 Å². The third-order valence-corrected chi connectivity index (χ3v) is 2.61. The van der Waals surface area contributed by atoms with Gasteiger partial charge in [0.2, 0.25) is 0 Å². The van der Waals surface area contributed by atoms with Gasteiger partial charge in [-0.1, -0.05) is 69.7 Å². The van der Waals surface area contributed by atoms with Crippen LogP contribution in [0, 0.1) is 5.92 Å². The fourth-order valence-corrected chi connectivity index (χ4v) is 1.43. The van der Waals surface area contributed by atoms with Gasteiger partial charge in [-0.15, -0.1) is 0 Å². The van der Waals surface area contributed by atoms with Crippen molar-refractivity contribution in [2.24, 2.45) is 5.92 Å². The molecule has 0 saturated heterocycles. The monoisotopic (exact) mass is 244 g/mol. The molecule has 0 aromatic rings. The van der Waals surface area contributed by atoms with Crippen molar-refractivity contribution < 1.29 is 0 Å². The predicted molar refractivity (Wildman–Crippen MR) is 84.7 cm³/mol. The summed E-state index contributed by atoms with van der Waals surface area (Å²) in [7, 11) is 0. The second-order valence-corrected chi connectivity index (χ2v) is 5.21. The van der Waals surface area contributed by atoms with Crippen molar-refractivity contribution in [1.29, 1.82) is 0 Å². The fourth-order valence-electron chi connectivity index (χ4n) is 1.43. The van der Waals surface area contributed by atoms with E-state index in [-0.39, 0.29) is 0 Å². The van der Waals surface area contributed by atoms with Gasteiger partial charge >= 0.3 is 0 Å². The van der Waals surface area contributed by atoms with Crippen molar-refractivity contribution in [2.75, 3.05) is 0 Å². The molecule has 100 valence electrons. The summed E-state index contributed by atoms with van der Waals surface area (Å²) in [6, 6.07) is 0. The van der Waals surface area contributed by atoms with Gasteiger partial charge in [0.1, 0.15) is 0 Å². The largest absolute Gasteiger partial charge is 0.0955 e. The van der Waals surface area contributed by atoms with E-state index in [0.717, 1.165) is 24.0 Å². The van der Waals surface area contributed by atoms with E-state index in [1.165, 1.54) is 11.1 Å². The number of hydrogen-bond donors (Lipinski definition) is 0. The zero-order valence-corrected chi connectivity index (χ0v) is 12.7. The number of unbranched alkanes of at least 4 members (excludes halogenated alkanes) is 1. The van der Waals surface area contributed by atoms with E-state index >= 15 is 0 Å². The molecule has 0 rings (SSSR count). The van der Waals surface area contributed by atoms with Crippen molar-refractivity contribution in [2.45, 2.75) is 47.5 Å². The standard InChI is InChI=1S/C18H28/c1-8-9-10-17(15(4)5)13-18(16(6)7)12-11-14(2)3/h10-14H,4,6,8-9H2,1-3,5,7H3. The van der Waals surface area contributed by atoms with Crippen molar-refractivity contribution in [3.05, 3.63) is 59.8 Å². The van der Waals surface area contributed by atoms with Crippen LogP contribution in [0.2, 0.25) is 0 Å². The minimum atomic E-state index is 0.556. The maximum Gasteiger partial charge on any atom is -0.0230 e. The molecule has 0 atom stereocenters. The number of rotatable bonds is 7. The normalized spacial score (nSPS) is 13.4. The van der Waals surface area contributed by atoms with Crippen molar-refractivity contribution in [3.8, 4) is 0 Å². The molecule has 18 heavy (non-hydrogen) atoms. The maximum absolute atomic E-state index is 4.05. The van der Waals surface area contributed by atoms with E-state index < -0.39 is 0 Å². The molecule has 0 fully saturated rings. The first kappa shape index (κ1) is 16.7. The van der Waals surface area contributed by atoms with E-state index in [4.69, 9.17) is 0 Å². The summed E-state index contributed by atoms with van der Waals surface area (Å²) in [5.74, 6) is 0.556. The summed E-state index contributed by atoms with van der Waals surface area (Å²) in [4.78, 5) is 0. The molecule has 0 aromatic carbocycles. The summed E-state index contributed by atoms with van der Waals surface area (Å²) in [6.07, 6.45) is 11.1. The second kappa shape index (κ2) is 8.74. The van der Waals surface area contributed by atoms with Crippen LogP contribution < -0.4 is 0 Å². The van der Waals surface area contributed by atoms with Crippen LogP contribution in [0.3, 0.4) is 0 Å². The Morgan fingerprint density at radius 1 is 1.06 bits per heavy atom. The third-order valence-electron chi connectivity index (χ3n) is 2.61. The Balaban J connectivity index is 5.24. The van der Waals surface area contributed by atoms with Crippen LogP contribution in [0.5, 0.6) is 0 Å². The minimum absolute atomic E-state index is 0.556. The molecule has 0 heteroatoms. The lowest BCUT2D eigenvalue weighted by atomic mass is 9.99. The SMILES string of the molecule is C=C(C)C(=CCCC)C=C(C=CC(C)C)C(=C)C. The van der Waals surface area contributed by atoms with E-state index in [1.54, 1.807) is 0 Å². The van der Waals surface area contributed by atoms with Gasteiger partial charge in [0.25, 0.3) is 0 Å². The van der Waals surface area contributed by atoms with E-state index in [2.05, 4.69) is 65.2 Å². The summed E-state index contributed by atoms with van der Waals surface area (Å²) in [6.45, 7) is 18.8. The van der Waals surface area contributed by atoms with E-state index in [0.29, 0.717) is 5.92 Å².